The molecule has 0 bridgehead atoms. The highest BCUT2D eigenvalue weighted by atomic mass is 14.9. The van der Waals surface area contributed by atoms with Crippen LogP contribution >= 0.6 is 0 Å². The fraction of sp³-hybridized carbons (Fsp3) is 0.222. The lowest BCUT2D eigenvalue weighted by Crippen LogP contribution is -2.31. The highest BCUT2D eigenvalue weighted by molar-refractivity contribution is 5.22. The van der Waals surface area contributed by atoms with Crippen LogP contribution in [0, 0.1) is 0 Å². The van der Waals surface area contributed by atoms with Gasteiger partial charge in [-0.2, -0.15) is 0 Å². The number of hydrogen-bond acceptors (Lipinski definition) is 1. The molecule has 98 valence electrons. The molecule has 0 heterocycles. The fourth-order valence-electron chi connectivity index (χ4n) is 2.26. The molecule has 2 aromatic carbocycles. The van der Waals surface area contributed by atoms with Gasteiger partial charge in [0.1, 0.15) is 0 Å². The third-order valence-corrected chi connectivity index (χ3v) is 3.50. The van der Waals surface area contributed by atoms with Crippen LogP contribution in [0.15, 0.2) is 73.3 Å². The van der Waals surface area contributed by atoms with Gasteiger partial charge in [0.25, 0.3) is 0 Å². The molecular weight excluding hydrogens is 230 g/mol. The first-order valence-electron chi connectivity index (χ1n) is 6.76. The van der Waals surface area contributed by atoms with Crippen molar-refractivity contribution in [3.63, 3.8) is 0 Å². The van der Waals surface area contributed by atoms with Crippen molar-refractivity contribution >= 4 is 0 Å². The molecule has 2 atom stereocenters. The molecule has 0 fully saturated rings. The number of nitrogens with one attached hydrogen (secondary N) is 1. The monoisotopic (exact) mass is 251 g/mol. The van der Waals surface area contributed by atoms with Crippen LogP contribution in [0.25, 0.3) is 0 Å². The summed E-state index contributed by atoms with van der Waals surface area (Å²) in [5.41, 5.74) is 2.64. The molecule has 0 spiro atoms. The molecule has 0 saturated carbocycles. The van der Waals surface area contributed by atoms with Crippen LogP contribution in [-0.2, 0) is 6.54 Å². The zero-order valence-corrected chi connectivity index (χ0v) is 11.4. The normalized spacial score (nSPS) is 13.7. The highest BCUT2D eigenvalue weighted by Gasteiger charge is 2.14. The molecule has 0 aromatic heterocycles. The lowest BCUT2D eigenvalue weighted by molar-refractivity contribution is 0.522. The summed E-state index contributed by atoms with van der Waals surface area (Å²) in [5.74, 6) is 0.419. The summed E-state index contributed by atoms with van der Waals surface area (Å²) >= 11 is 0. The van der Waals surface area contributed by atoms with Gasteiger partial charge in [-0.25, -0.2) is 0 Å². The summed E-state index contributed by atoms with van der Waals surface area (Å²) in [4.78, 5) is 0. The predicted octanol–water partition coefficient (Wildman–Crippen LogP) is 4.13. The van der Waals surface area contributed by atoms with Crippen molar-refractivity contribution in [3.05, 3.63) is 84.4 Å². The second kappa shape index (κ2) is 6.91. The first-order valence-corrected chi connectivity index (χ1v) is 6.76. The number of benzene rings is 2. The van der Waals surface area contributed by atoms with E-state index < -0.39 is 0 Å². The van der Waals surface area contributed by atoms with Gasteiger partial charge in [-0.05, 0) is 17.0 Å². The Hall–Kier alpha value is -1.86. The highest BCUT2D eigenvalue weighted by Crippen LogP contribution is 2.19. The second-order valence-electron chi connectivity index (χ2n) is 4.83. The molecule has 0 saturated heterocycles. The maximum Gasteiger partial charge on any atom is 0.0316 e. The summed E-state index contributed by atoms with van der Waals surface area (Å²) < 4.78 is 0. The molecule has 1 nitrogen and oxygen atoms in total. The van der Waals surface area contributed by atoms with Crippen molar-refractivity contribution in [2.24, 2.45) is 0 Å². The van der Waals surface area contributed by atoms with Crippen molar-refractivity contribution < 1.29 is 0 Å². The van der Waals surface area contributed by atoms with Gasteiger partial charge in [0.15, 0.2) is 0 Å². The Kier molecular flexibility index (Phi) is 4.93. The van der Waals surface area contributed by atoms with Crippen molar-refractivity contribution in [2.45, 2.75) is 25.4 Å². The Labute approximate surface area is 116 Å². The average Bonchev–Trinajstić information content (AvgIpc) is 2.49. The Morgan fingerprint density at radius 3 is 2.16 bits per heavy atom. The van der Waals surface area contributed by atoms with E-state index in [1.807, 2.05) is 12.1 Å². The molecule has 0 unspecified atom stereocenters. The van der Waals surface area contributed by atoms with E-state index in [1.165, 1.54) is 11.1 Å². The first kappa shape index (κ1) is 13.6. The van der Waals surface area contributed by atoms with E-state index in [4.69, 9.17) is 0 Å². The Morgan fingerprint density at radius 1 is 1.00 bits per heavy atom. The van der Waals surface area contributed by atoms with Crippen molar-refractivity contribution in [3.8, 4) is 0 Å². The Bertz CT molecular complexity index is 490. The van der Waals surface area contributed by atoms with Gasteiger partial charge in [-0.3, -0.25) is 0 Å². The van der Waals surface area contributed by atoms with Gasteiger partial charge in [0.2, 0.25) is 0 Å². The molecule has 0 aliphatic heterocycles. The third kappa shape index (κ3) is 3.80. The SMILES string of the molecule is C=C[C@@H](NCc1ccccc1)[C@H](C)c1ccccc1. The van der Waals surface area contributed by atoms with Crippen molar-refractivity contribution in [2.75, 3.05) is 0 Å². The fourth-order valence-corrected chi connectivity index (χ4v) is 2.26. The molecule has 0 aliphatic rings. The van der Waals surface area contributed by atoms with Crippen LogP contribution in [0.3, 0.4) is 0 Å². The summed E-state index contributed by atoms with van der Waals surface area (Å²) in [6.07, 6.45) is 2.00. The van der Waals surface area contributed by atoms with Crippen molar-refractivity contribution in [1.29, 1.82) is 0 Å². The van der Waals surface area contributed by atoms with E-state index in [1.54, 1.807) is 0 Å². The second-order valence-corrected chi connectivity index (χ2v) is 4.83. The average molecular weight is 251 g/mol. The minimum atomic E-state index is 0.280. The Balaban J connectivity index is 1.99. The van der Waals surface area contributed by atoms with Gasteiger partial charge in [-0.1, -0.05) is 73.7 Å². The smallest absolute Gasteiger partial charge is 0.0316 e. The maximum atomic E-state index is 3.96. The third-order valence-electron chi connectivity index (χ3n) is 3.50. The summed E-state index contributed by atoms with van der Waals surface area (Å²) in [6.45, 7) is 7.06. The van der Waals surface area contributed by atoms with Crippen molar-refractivity contribution in [1.82, 2.24) is 5.32 Å². The van der Waals surface area contributed by atoms with Gasteiger partial charge in [0, 0.05) is 12.6 Å². The molecule has 0 aliphatic carbocycles. The van der Waals surface area contributed by atoms with Gasteiger partial charge >= 0.3 is 0 Å². The van der Waals surface area contributed by atoms with Crippen LogP contribution in [-0.4, -0.2) is 6.04 Å². The van der Waals surface area contributed by atoms with E-state index in [0.29, 0.717) is 5.92 Å². The van der Waals surface area contributed by atoms with E-state index in [9.17, 15) is 0 Å². The topological polar surface area (TPSA) is 12.0 Å². The zero-order valence-electron chi connectivity index (χ0n) is 11.4. The lowest BCUT2D eigenvalue weighted by atomic mass is 9.93. The molecule has 2 rings (SSSR count). The molecule has 1 N–H and O–H groups in total. The van der Waals surface area contributed by atoms with Gasteiger partial charge < -0.3 is 5.32 Å². The van der Waals surface area contributed by atoms with Crippen LogP contribution in [0.1, 0.15) is 24.0 Å². The van der Waals surface area contributed by atoms with E-state index >= 15 is 0 Å². The van der Waals surface area contributed by atoms with E-state index in [-0.39, 0.29) is 6.04 Å². The molecule has 19 heavy (non-hydrogen) atoms. The minimum Gasteiger partial charge on any atom is -0.306 e. The first-order chi connectivity index (χ1) is 9.31. The lowest BCUT2D eigenvalue weighted by Gasteiger charge is -2.22. The molecule has 2 aromatic rings. The van der Waals surface area contributed by atoms with Crippen LogP contribution < -0.4 is 5.32 Å². The largest absolute Gasteiger partial charge is 0.306 e. The standard InChI is InChI=1S/C18H21N/c1-3-18(15(2)17-12-8-5-9-13-17)19-14-16-10-6-4-7-11-16/h3-13,15,18-19H,1,14H2,2H3/t15-,18-/m1/s1. The summed E-state index contributed by atoms with van der Waals surface area (Å²) in [7, 11) is 0. The summed E-state index contributed by atoms with van der Waals surface area (Å²) in [5, 5.41) is 3.57. The minimum absolute atomic E-state index is 0.280. The van der Waals surface area contributed by atoms with Crippen LogP contribution in [0.2, 0.25) is 0 Å². The predicted molar refractivity (Wildman–Crippen MR) is 82.1 cm³/mol. The molecular formula is C18H21N. The van der Waals surface area contributed by atoms with Gasteiger partial charge in [0.05, 0.1) is 0 Å². The molecule has 0 amide bonds. The number of rotatable bonds is 6. The quantitative estimate of drug-likeness (QED) is 0.761. The molecule has 1 heteroatoms. The van der Waals surface area contributed by atoms with E-state index in [0.717, 1.165) is 6.54 Å². The van der Waals surface area contributed by atoms with Crippen LogP contribution in [0.4, 0.5) is 0 Å². The maximum absolute atomic E-state index is 3.96. The summed E-state index contributed by atoms with van der Waals surface area (Å²) in [6, 6.07) is 21.3. The van der Waals surface area contributed by atoms with Gasteiger partial charge in [-0.15, -0.1) is 6.58 Å². The van der Waals surface area contributed by atoms with E-state index in [2.05, 4.69) is 73.4 Å². The van der Waals surface area contributed by atoms with Crippen LogP contribution in [0.5, 0.6) is 0 Å². The zero-order chi connectivity index (χ0) is 13.5. The molecule has 0 radical (unpaired) electrons. The number of hydrogen-bond donors (Lipinski definition) is 1. The Morgan fingerprint density at radius 2 is 1.58 bits per heavy atom.